The van der Waals surface area contributed by atoms with E-state index in [1.165, 1.54) is 0 Å². The molecule has 1 aliphatic heterocycles. The van der Waals surface area contributed by atoms with Gasteiger partial charge in [0, 0.05) is 17.5 Å². The molecule has 2 aliphatic rings. The van der Waals surface area contributed by atoms with Gasteiger partial charge in [-0.2, -0.15) is 0 Å². The summed E-state index contributed by atoms with van der Waals surface area (Å²) >= 11 is 0. The monoisotopic (exact) mass is 426 g/mol. The number of amides is 2. The van der Waals surface area contributed by atoms with Gasteiger partial charge in [-0.05, 0) is 49.6 Å². The minimum Gasteiger partial charge on any atom is -0.482 e. The number of nitrogens with zero attached hydrogens (tertiary/aromatic N) is 1. The fourth-order valence-corrected chi connectivity index (χ4v) is 4.23. The van der Waals surface area contributed by atoms with Crippen LogP contribution in [-0.2, 0) is 4.79 Å². The Morgan fingerprint density at radius 2 is 2.03 bits per heavy atom. The van der Waals surface area contributed by atoms with Crippen LogP contribution in [0.5, 0.6) is 5.75 Å². The molecule has 1 aromatic heterocycles. The standard InChI is InChI=1S/C22H22N4O3.ClH/c27-20-12-29-19-9-8-14(11-18(19)24-20)22(28)23-15-5-3-4-13(10-15)21-25-16-6-1-2-7-17(16)26-21;/h1-2,6-9,11,13,15H,3-5,10,12H2,(H,23,28)(H,24,27)(H,25,26);1H/t13-,15+;/m0./s1. The number of carbonyl (C=O) groups is 2. The Kier molecular flexibility index (Phi) is 5.63. The number of anilines is 1. The van der Waals surface area contributed by atoms with Crippen molar-refractivity contribution in [2.24, 2.45) is 0 Å². The lowest BCUT2D eigenvalue weighted by atomic mass is 9.85. The van der Waals surface area contributed by atoms with Crippen molar-refractivity contribution in [1.82, 2.24) is 15.3 Å². The van der Waals surface area contributed by atoms with Gasteiger partial charge in [-0.3, -0.25) is 9.59 Å². The molecule has 30 heavy (non-hydrogen) atoms. The second-order valence-corrected chi connectivity index (χ2v) is 7.72. The van der Waals surface area contributed by atoms with E-state index >= 15 is 0 Å². The molecule has 3 N–H and O–H groups in total. The van der Waals surface area contributed by atoms with Crippen molar-refractivity contribution < 1.29 is 14.3 Å². The third kappa shape index (κ3) is 3.98. The molecule has 7 nitrogen and oxygen atoms in total. The number of halogens is 1. The van der Waals surface area contributed by atoms with Crippen molar-refractivity contribution in [3.63, 3.8) is 0 Å². The third-order valence-electron chi connectivity index (χ3n) is 5.68. The second kappa shape index (κ2) is 8.36. The quantitative estimate of drug-likeness (QED) is 0.594. The van der Waals surface area contributed by atoms with E-state index in [2.05, 4.69) is 15.6 Å². The van der Waals surface area contributed by atoms with Gasteiger partial charge in [-0.25, -0.2) is 4.98 Å². The van der Waals surface area contributed by atoms with Crippen molar-refractivity contribution in [3.05, 3.63) is 53.9 Å². The summed E-state index contributed by atoms with van der Waals surface area (Å²) in [7, 11) is 0. The third-order valence-corrected chi connectivity index (χ3v) is 5.68. The first kappa shape index (κ1) is 20.2. The topological polar surface area (TPSA) is 96.1 Å². The average Bonchev–Trinajstić information content (AvgIpc) is 3.18. The molecule has 2 heterocycles. The number of aromatic nitrogens is 2. The van der Waals surface area contributed by atoms with Crippen LogP contribution in [-0.4, -0.2) is 34.4 Å². The first-order chi connectivity index (χ1) is 14.2. The van der Waals surface area contributed by atoms with Crippen LogP contribution < -0.4 is 15.4 Å². The van der Waals surface area contributed by atoms with E-state index in [0.29, 0.717) is 22.9 Å². The van der Waals surface area contributed by atoms with Crippen LogP contribution in [0.15, 0.2) is 42.5 Å². The Morgan fingerprint density at radius 1 is 1.17 bits per heavy atom. The molecular formula is C22H23ClN4O3. The lowest BCUT2D eigenvalue weighted by Gasteiger charge is -2.29. The molecule has 2 amide bonds. The van der Waals surface area contributed by atoms with Gasteiger partial charge in [0.2, 0.25) is 0 Å². The maximum Gasteiger partial charge on any atom is 0.262 e. The number of rotatable bonds is 3. The van der Waals surface area contributed by atoms with Gasteiger partial charge in [0.25, 0.3) is 11.8 Å². The van der Waals surface area contributed by atoms with Gasteiger partial charge in [0.05, 0.1) is 16.7 Å². The van der Waals surface area contributed by atoms with Crippen LogP contribution >= 0.6 is 12.4 Å². The summed E-state index contributed by atoms with van der Waals surface area (Å²) in [6.07, 6.45) is 3.92. The number of fused-ring (bicyclic) bond motifs is 2. The van der Waals surface area contributed by atoms with Crippen LogP contribution in [0.25, 0.3) is 11.0 Å². The van der Waals surface area contributed by atoms with E-state index < -0.39 is 0 Å². The Hall–Kier alpha value is -3.06. The number of hydrogen-bond donors (Lipinski definition) is 3. The number of benzene rings is 2. The van der Waals surface area contributed by atoms with Crippen LogP contribution in [0.2, 0.25) is 0 Å². The van der Waals surface area contributed by atoms with Crippen molar-refractivity contribution in [1.29, 1.82) is 0 Å². The van der Waals surface area contributed by atoms with Crippen LogP contribution in [0.3, 0.4) is 0 Å². The van der Waals surface area contributed by atoms with E-state index in [1.807, 2.05) is 24.3 Å². The molecule has 5 rings (SSSR count). The van der Waals surface area contributed by atoms with Crippen molar-refractivity contribution >= 4 is 40.9 Å². The zero-order valence-corrected chi connectivity index (χ0v) is 17.1. The van der Waals surface area contributed by atoms with E-state index in [-0.39, 0.29) is 36.9 Å². The molecule has 0 radical (unpaired) electrons. The van der Waals surface area contributed by atoms with E-state index in [0.717, 1.165) is 42.5 Å². The number of nitrogens with one attached hydrogen (secondary N) is 3. The largest absolute Gasteiger partial charge is 0.482 e. The van der Waals surface area contributed by atoms with E-state index in [1.54, 1.807) is 18.2 Å². The van der Waals surface area contributed by atoms with Crippen LogP contribution in [0.4, 0.5) is 5.69 Å². The predicted octanol–water partition coefficient (Wildman–Crippen LogP) is 3.77. The minimum absolute atomic E-state index is 0. The molecule has 0 saturated heterocycles. The normalized spacial score (nSPS) is 20.5. The Labute approximate surface area is 180 Å². The summed E-state index contributed by atoms with van der Waals surface area (Å²) in [4.78, 5) is 32.5. The summed E-state index contributed by atoms with van der Waals surface area (Å²) < 4.78 is 5.35. The molecule has 2 aromatic carbocycles. The molecule has 0 bridgehead atoms. The number of ether oxygens (including phenoxy) is 1. The summed E-state index contributed by atoms with van der Waals surface area (Å²) in [5, 5.41) is 5.90. The fourth-order valence-electron chi connectivity index (χ4n) is 4.23. The summed E-state index contributed by atoms with van der Waals surface area (Å²) in [5.74, 6) is 1.54. The lowest BCUT2D eigenvalue weighted by molar-refractivity contribution is -0.118. The molecule has 1 fully saturated rings. The number of hydrogen-bond acceptors (Lipinski definition) is 4. The molecule has 0 unspecified atom stereocenters. The van der Waals surface area contributed by atoms with Gasteiger partial charge >= 0.3 is 0 Å². The fraction of sp³-hybridized carbons (Fsp3) is 0.318. The predicted molar refractivity (Wildman–Crippen MR) is 116 cm³/mol. The van der Waals surface area contributed by atoms with Crippen LogP contribution in [0, 0.1) is 0 Å². The second-order valence-electron chi connectivity index (χ2n) is 7.72. The number of para-hydroxylation sites is 2. The zero-order chi connectivity index (χ0) is 19.8. The molecular weight excluding hydrogens is 404 g/mol. The van der Waals surface area contributed by atoms with Gasteiger partial charge < -0.3 is 20.4 Å². The zero-order valence-electron chi connectivity index (χ0n) is 16.3. The van der Waals surface area contributed by atoms with Gasteiger partial charge in [0.1, 0.15) is 11.6 Å². The Morgan fingerprint density at radius 3 is 2.90 bits per heavy atom. The number of carbonyl (C=O) groups excluding carboxylic acids is 2. The molecule has 0 spiro atoms. The number of aromatic amines is 1. The van der Waals surface area contributed by atoms with Crippen molar-refractivity contribution in [3.8, 4) is 5.75 Å². The van der Waals surface area contributed by atoms with E-state index in [9.17, 15) is 9.59 Å². The lowest BCUT2D eigenvalue weighted by Crippen LogP contribution is -2.38. The molecule has 1 aliphatic carbocycles. The maximum atomic E-state index is 12.8. The molecule has 156 valence electrons. The SMILES string of the molecule is Cl.O=C1COc2ccc(C(=O)N[C@@H]3CCC[C@H](c4nc5ccccc5[nH]4)C3)cc2N1. The highest BCUT2D eigenvalue weighted by molar-refractivity contribution is 6.00. The van der Waals surface area contributed by atoms with Gasteiger partial charge in [-0.15, -0.1) is 12.4 Å². The number of imidazole rings is 1. The Balaban J connectivity index is 0.00000218. The first-order valence-corrected chi connectivity index (χ1v) is 9.98. The smallest absolute Gasteiger partial charge is 0.262 e. The summed E-state index contributed by atoms with van der Waals surface area (Å²) in [6.45, 7) is 0.00377. The van der Waals surface area contributed by atoms with Gasteiger partial charge in [0.15, 0.2) is 6.61 Å². The number of H-pyrrole nitrogens is 1. The summed E-state index contributed by atoms with van der Waals surface area (Å²) in [5.41, 5.74) is 3.08. The summed E-state index contributed by atoms with van der Waals surface area (Å²) in [6, 6.07) is 13.2. The van der Waals surface area contributed by atoms with Gasteiger partial charge in [-0.1, -0.05) is 18.6 Å². The van der Waals surface area contributed by atoms with E-state index in [4.69, 9.17) is 9.72 Å². The molecule has 3 aromatic rings. The Bertz CT molecular complexity index is 1060. The first-order valence-electron chi connectivity index (χ1n) is 9.98. The highest BCUT2D eigenvalue weighted by Crippen LogP contribution is 2.33. The average molecular weight is 427 g/mol. The maximum absolute atomic E-state index is 12.8. The van der Waals surface area contributed by atoms with Crippen LogP contribution in [0.1, 0.15) is 47.8 Å². The highest BCUT2D eigenvalue weighted by atomic mass is 35.5. The minimum atomic E-state index is -0.212. The molecule has 8 heteroatoms. The highest BCUT2D eigenvalue weighted by Gasteiger charge is 2.27. The van der Waals surface area contributed by atoms with Crippen molar-refractivity contribution in [2.75, 3.05) is 11.9 Å². The van der Waals surface area contributed by atoms with Crippen molar-refractivity contribution in [2.45, 2.75) is 37.6 Å². The molecule has 1 saturated carbocycles. The molecule has 2 atom stereocenters.